The summed E-state index contributed by atoms with van der Waals surface area (Å²) in [6.45, 7) is 0. The second-order valence-electron chi connectivity index (χ2n) is 5.49. The minimum Gasteiger partial charge on any atom is -0.325 e. The molecule has 24 heavy (non-hydrogen) atoms. The first-order chi connectivity index (χ1) is 11.8. The second kappa shape index (κ2) is 7.17. The molecule has 1 aliphatic heterocycles. The maximum atomic E-state index is 12.4. The number of para-hydroxylation sites is 1. The Balaban J connectivity index is 1.55. The zero-order chi connectivity index (χ0) is 16.4. The molecule has 3 nitrogen and oxygen atoms in total. The number of carbonyl (C=O) groups is 1. The van der Waals surface area contributed by atoms with Crippen LogP contribution in [0.3, 0.4) is 0 Å². The van der Waals surface area contributed by atoms with E-state index in [0.717, 1.165) is 39.0 Å². The molecule has 1 amide bonds. The molecule has 1 atom stereocenters. The van der Waals surface area contributed by atoms with E-state index in [1.54, 1.807) is 23.1 Å². The number of amides is 1. The van der Waals surface area contributed by atoms with Gasteiger partial charge in [0.15, 0.2) is 0 Å². The lowest BCUT2D eigenvalue weighted by Gasteiger charge is -2.20. The SMILES string of the molecule is O=C(Nc1cccc(-c2nc3ccccc3s2)c1)C1CSCCS1. The molecule has 1 saturated heterocycles. The number of thioether (sulfide) groups is 2. The molecule has 1 N–H and O–H groups in total. The van der Waals surface area contributed by atoms with E-state index in [9.17, 15) is 4.79 Å². The second-order valence-corrected chi connectivity index (χ2v) is 8.98. The number of carbonyl (C=O) groups excluding carboxylic acids is 1. The lowest BCUT2D eigenvalue weighted by atomic mass is 10.2. The molecule has 1 aliphatic rings. The van der Waals surface area contributed by atoms with Gasteiger partial charge in [0.05, 0.1) is 15.5 Å². The third-order valence-electron chi connectivity index (χ3n) is 3.78. The smallest absolute Gasteiger partial charge is 0.238 e. The van der Waals surface area contributed by atoms with Crippen LogP contribution in [0.5, 0.6) is 0 Å². The first-order valence-corrected chi connectivity index (χ1v) is 10.8. The first-order valence-electron chi connectivity index (χ1n) is 7.76. The fourth-order valence-corrected chi connectivity index (χ4v) is 6.11. The maximum Gasteiger partial charge on any atom is 0.238 e. The molecule has 2 aromatic carbocycles. The average Bonchev–Trinajstić information content (AvgIpc) is 3.07. The summed E-state index contributed by atoms with van der Waals surface area (Å²) in [5.74, 6) is 3.19. The van der Waals surface area contributed by atoms with Gasteiger partial charge < -0.3 is 5.32 Å². The first kappa shape index (κ1) is 16.0. The molecule has 0 aliphatic carbocycles. The van der Waals surface area contributed by atoms with Gasteiger partial charge >= 0.3 is 0 Å². The number of hydrogen-bond donors (Lipinski definition) is 1. The maximum absolute atomic E-state index is 12.4. The van der Waals surface area contributed by atoms with Crippen molar-refractivity contribution < 1.29 is 4.79 Å². The van der Waals surface area contributed by atoms with E-state index in [0.29, 0.717) is 0 Å². The zero-order valence-corrected chi connectivity index (χ0v) is 15.3. The van der Waals surface area contributed by atoms with E-state index in [1.807, 2.05) is 54.2 Å². The summed E-state index contributed by atoms with van der Waals surface area (Å²) in [5.41, 5.74) is 2.90. The molecule has 3 aromatic rings. The Hall–Kier alpha value is -1.50. The van der Waals surface area contributed by atoms with Crippen LogP contribution >= 0.6 is 34.9 Å². The van der Waals surface area contributed by atoms with Crippen molar-refractivity contribution in [2.75, 3.05) is 22.6 Å². The minimum atomic E-state index is 0.0508. The van der Waals surface area contributed by atoms with Gasteiger partial charge in [-0.05, 0) is 24.3 Å². The number of aromatic nitrogens is 1. The van der Waals surface area contributed by atoms with Crippen LogP contribution in [0.4, 0.5) is 5.69 Å². The van der Waals surface area contributed by atoms with E-state index in [1.165, 1.54) is 4.70 Å². The minimum absolute atomic E-state index is 0.0508. The average molecular weight is 373 g/mol. The van der Waals surface area contributed by atoms with Gasteiger partial charge in [0.1, 0.15) is 5.01 Å². The molecule has 1 fully saturated rings. The van der Waals surface area contributed by atoms with Crippen LogP contribution in [0.15, 0.2) is 48.5 Å². The Bertz CT molecular complexity index is 838. The van der Waals surface area contributed by atoms with Crippen molar-refractivity contribution >= 4 is 56.7 Å². The summed E-state index contributed by atoms with van der Waals surface area (Å²) >= 11 is 5.28. The number of fused-ring (bicyclic) bond motifs is 1. The van der Waals surface area contributed by atoms with Crippen LogP contribution in [0.1, 0.15) is 0 Å². The van der Waals surface area contributed by atoms with E-state index in [-0.39, 0.29) is 11.2 Å². The topological polar surface area (TPSA) is 42.0 Å². The Morgan fingerprint density at radius 1 is 1.12 bits per heavy atom. The summed E-state index contributed by atoms with van der Waals surface area (Å²) in [4.78, 5) is 17.1. The molecule has 1 aromatic heterocycles. The van der Waals surface area contributed by atoms with Crippen LogP contribution in [0.2, 0.25) is 0 Å². The van der Waals surface area contributed by atoms with Crippen molar-refractivity contribution in [2.45, 2.75) is 5.25 Å². The highest BCUT2D eigenvalue weighted by atomic mass is 32.2. The van der Waals surface area contributed by atoms with Crippen molar-refractivity contribution in [3.63, 3.8) is 0 Å². The van der Waals surface area contributed by atoms with Gasteiger partial charge in [-0.25, -0.2) is 4.98 Å². The van der Waals surface area contributed by atoms with Crippen molar-refractivity contribution in [1.29, 1.82) is 0 Å². The number of anilines is 1. The Labute approximate surface area is 153 Å². The lowest BCUT2D eigenvalue weighted by Crippen LogP contribution is -2.30. The molecule has 0 spiro atoms. The van der Waals surface area contributed by atoms with Crippen LogP contribution < -0.4 is 5.32 Å². The molecule has 4 rings (SSSR count). The van der Waals surface area contributed by atoms with Gasteiger partial charge in [-0.3, -0.25) is 4.79 Å². The van der Waals surface area contributed by atoms with Crippen LogP contribution in [-0.2, 0) is 4.79 Å². The predicted molar refractivity (Wildman–Crippen MR) is 107 cm³/mol. The lowest BCUT2D eigenvalue weighted by molar-refractivity contribution is -0.115. The third kappa shape index (κ3) is 3.45. The standard InChI is InChI=1S/C18H16N2OS3/c21-17(16-11-22-8-9-23-16)19-13-5-3-4-12(10-13)18-20-14-6-1-2-7-15(14)24-18/h1-7,10,16H,8-9,11H2,(H,19,21). The predicted octanol–water partition coefficient (Wildman–Crippen LogP) is 4.75. The largest absolute Gasteiger partial charge is 0.325 e. The molecular formula is C18H16N2OS3. The highest BCUT2D eigenvalue weighted by Crippen LogP contribution is 2.31. The monoisotopic (exact) mass is 372 g/mol. The van der Waals surface area contributed by atoms with Crippen molar-refractivity contribution in [3.8, 4) is 10.6 Å². The highest BCUT2D eigenvalue weighted by molar-refractivity contribution is 8.07. The van der Waals surface area contributed by atoms with Crippen molar-refractivity contribution in [3.05, 3.63) is 48.5 Å². The fourth-order valence-electron chi connectivity index (χ4n) is 2.59. The van der Waals surface area contributed by atoms with Gasteiger partial charge in [-0.2, -0.15) is 11.8 Å². The zero-order valence-electron chi connectivity index (χ0n) is 12.9. The molecule has 1 unspecified atom stereocenters. The van der Waals surface area contributed by atoms with E-state index in [4.69, 9.17) is 4.98 Å². The number of nitrogens with one attached hydrogen (secondary N) is 1. The van der Waals surface area contributed by atoms with Crippen molar-refractivity contribution in [1.82, 2.24) is 4.98 Å². The Morgan fingerprint density at radius 2 is 2.04 bits per heavy atom. The van der Waals surface area contributed by atoms with Gasteiger partial charge in [-0.1, -0.05) is 24.3 Å². The van der Waals surface area contributed by atoms with Gasteiger partial charge in [-0.15, -0.1) is 23.1 Å². The molecule has 2 heterocycles. The molecule has 0 saturated carbocycles. The molecule has 0 bridgehead atoms. The van der Waals surface area contributed by atoms with E-state index < -0.39 is 0 Å². The summed E-state index contributed by atoms with van der Waals surface area (Å²) in [7, 11) is 0. The summed E-state index contributed by atoms with van der Waals surface area (Å²) in [6.07, 6.45) is 0. The summed E-state index contributed by atoms with van der Waals surface area (Å²) in [5, 5.41) is 4.09. The molecule has 0 radical (unpaired) electrons. The van der Waals surface area contributed by atoms with Crippen molar-refractivity contribution in [2.24, 2.45) is 0 Å². The number of nitrogens with zero attached hydrogens (tertiary/aromatic N) is 1. The van der Waals surface area contributed by atoms with Crippen LogP contribution in [-0.4, -0.2) is 33.4 Å². The quantitative estimate of drug-likeness (QED) is 0.720. The number of thiazole rings is 1. The van der Waals surface area contributed by atoms with E-state index in [2.05, 4.69) is 11.4 Å². The molecule has 6 heteroatoms. The normalized spacial score (nSPS) is 17.8. The Kier molecular flexibility index (Phi) is 4.78. The van der Waals surface area contributed by atoms with Crippen LogP contribution in [0, 0.1) is 0 Å². The fraction of sp³-hybridized carbons (Fsp3) is 0.222. The number of hydrogen-bond acceptors (Lipinski definition) is 5. The number of benzene rings is 2. The summed E-state index contributed by atoms with van der Waals surface area (Å²) < 4.78 is 1.18. The Morgan fingerprint density at radius 3 is 2.88 bits per heavy atom. The van der Waals surface area contributed by atoms with Gasteiger partial charge in [0.25, 0.3) is 0 Å². The highest BCUT2D eigenvalue weighted by Gasteiger charge is 2.22. The van der Waals surface area contributed by atoms with Gasteiger partial charge in [0.2, 0.25) is 5.91 Å². The summed E-state index contributed by atoms with van der Waals surface area (Å²) in [6, 6.07) is 16.1. The number of rotatable bonds is 3. The van der Waals surface area contributed by atoms with E-state index >= 15 is 0 Å². The third-order valence-corrected chi connectivity index (χ3v) is 7.62. The molecule has 122 valence electrons. The molecular weight excluding hydrogens is 356 g/mol. The van der Waals surface area contributed by atoms with Gasteiger partial charge in [0, 0.05) is 28.5 Å². The van der Waals surface area contributed by atoms with Crippen LogP contribution in [0.25, 0.3) is 20.8 Å².